The number of fused-ring (bicyclic) bond motifs is 1. The normalized spacial score (nSPS) is 16.4. The molecule has 4 N–H and O–H groups in total. The summed E-state index contributed by atoms with van der Waals surface area (Å²) in [5.41, 5.74) is 13.0. The lowest BCUT2D eigenvalue weighted by Gasteiger charge is -2.11. The van der Waals surface area contributed by atoms with Gasteiger partial charge in [0.05, 0.1) is 5.56 Å². The van der Waals surface area contributed by atoms with Crippen molar-refractivity contribution < 1.29 is 13.9 Å². The van der Waals surface area contributed by atoms with Crippen molar-refractivity contribution in [3.8, 4) is 16.9 Å². The number of rotatable bonds is 3. The Kier molecular flexibility index (Phi) is 3.31. The maximum atomic E-state index is 13.9. The van der Waals surface area contributed by atoms with Gasteiger partial charge >= 0.3 is 0 Å². The molecule has 5 nitrogen and oxygen atoms in total. The van der Waals surface area contributed by atoms with Gasteiger partial charge in [0.15, 0.2) is 0 Å². The molecule has 0 fully saturated rings. The van der Waals surface area contributed by atoms with Gasteiger partial charge in [-0.1, -0.05) is 0 Å². The Hall–Kier alpha value is -2.47. The SMILES string of the molecule is NC[C@H]1Cc2c(F)ccc(-c3cncc(C(N)=O)c3)c2O1. The third-order valence-electron chi connectivity index (χ3n) is 3.52. The Balaban J connectivity index is 2.11. The monoisotopic (exact) mass is 287 g/mol. The lowest BCUT2D eigenvalue weighted by molar-refractivity contribution is 0.1000. The van der Waals surface area contributed by atoms with E-state index in [-0.39, 0.29) is 11.9 Å². The Morgan fingerprint density at radius 2 is 2.24 bits per heavy atom. The van der Waals surface area contributed by atoms with Gasteiger partial charge in [-0.05, 0) is 18.2 Å². The summed E-state index contributed by atoms with van der Waals surface area (Å²) in [5, 5.41) is 0. The smallest absolute Gasteiger partial charge is 0.250 e. The highest BCUT2D eigenvalue weighted by Gasteiger charge is 2.28. The van der Waals surface area contributed by atoms with Crippen molar-refractivity contribution in [1.29, 1.82) is 0 Å². The minimum atomic E-state index is -0.566. The first-order chi connectivity index (χ1) is 10.1. The number of nitrogens with two attached hydrogens (primary N) is 2. The number of carbonyl (C=O) groups excluding carboxylic acids is 1. The van der Waals surface area contributed by atoms with Gasteiger partial charge in [0.1, 0.15) is 17.7 Å². The summed E-state index contributed by atoms with van der Waals surface area (Å²) in [7, 11) is 0. The van der Waals surface area contributed by atoms with Crippen LogP contribution in [-0.2, 0) is 6.42 Å². The van der Waals surface area contributed by atoms with Crippen molar-refractivity contribution >= 4 is 5.91 Å². The molecule has 0 bridgehead atoms. The van der Waals surface area contributed by atoms with Crippen molar-refractivity contribution in [2.75, 3.05) is 6.54 Å². The first kappa shape index (κ1) is 13.5. The fourth-order valence-corrected chi connectivity index (χ4v) is 2.45. The molecule has 1 aliphatic rings. The second kappa shape index (κ2) is 5.14. The van der Waals surface area contributed by atoms with Crippen LogP contribution >= 0.6 is 0 Å². The summed E-state index contributed by atoms with van der Waals surface area (Å²) in [6.07, 6.45) is 3.18. The molecule has 1 atom stereocenters. The highest BCUT2D eigenvalue weighted by Crippen LogP contribution is 2.40. The molecule has 1 aliphatic heterocycles. The van der Waals surface area contributed by atoms with Gasteiger partial charge in [-0.3, -0.25) is 9.78 Å². The van der Waals surface area contributed by atoms with Crippen molar-refractivity contribution in [2.24, 2.45) is 11.5 Å². The third-order valence-corrected chi connectivity index (χ3v) is 3.52. The van der Waals surface area contributed by atoms with Gasteiger partial charge in [0.25, 0.3) is 0 Å². The van der Waals surface area contributed by atoms with Gasteiger partial charge in [-0.15, -0.1) is 0 Å². The fraction of sp³-hybridized carbons (Fsp3) is 0.200. The number of ether oxygens (including phenoxy) is 1. The molecule has 0 unspecified atom stereocenters. The first-order valence-electron chi connectivity index (χ1n) is 6.53. The van der Waals surface area contributed by atoms with Crippen LogP contribution < -0.4 is 16.2 Å². The number of halogens is 1. The molecule has 2 heterocycles. The second-order valence-corrected chi connectivity index (χ2v) is 4.91. The van der Waals surface area contributed by atoms with Crippen LogP contribution in [0, 0.1) is 5.82 Å². The minimum absolute atomic E-state index is 0.233. The van der Waals surface area contributed by atoms with Gasteiger partial charge in [-0.2, -0.15) is 0 Å². The zero-order valence-electron chi connectivity index (χ0n) is 11.2. The molecule has 1 aromatic heterocycles. The zero-order valence-corrected chi connectivity index (χ0v) is 11.2. The summed E-state index contributed by atoms with van der Waals surface area (Å²) >= 11 is 0. The lowest BCUT2D eigenvalue weighted by Crippen LogP contribution is -2.24. The average molecular weight is 287 g/mol. The van der Waals surface area contributed by atoms with Crippen LogP contribution in [0.3, 0.4) is 0 Å². The number of pyridine rings is 1. The summed E-state index contributed by atoms with van der Waals surface area (Å²) in [4.78, 5) is 15.2. The van der Waals surface area contributed by atoms with E-state index in [1.54, 1.807) is 18.3 Å². The molecule has 3 rings (SSSR count). The van der Waals surface area contributed by atoms with E-state index in [0.717, 1.165) is 0 Å². The number of benzene rings is 1. The van der Waals surface area contributed by atoms with E-state index in [0.29, 0.717) is 41.0 Å². The highest BCUT2D eigenvalue weighted by atomic mass is 19.1. The van der Waals surface area contributed by atoms with Crippen LogP contribution in [0.4, 0.5) is 4.39 Å². The van der Waals surface area contributed by atoms with Crippen LogP contribution in [0.15, 0.2) is 30.6 Å². The molecule has 1 amide bonds. The molecule has 2 aromatic rings. The van der Waals surface area contributed by atoms with Gasteiger partial charge < -0.3 is 16.2 Å². The summed E-state index contributed by atoms with van der Waals surface area (Å²) in [6, 6.07) is 4.60. The number of hydrogen-bond acceptors (Lipinski definition) is 4. The second-order valence-electron chi connectivity index (χ2n) is 4.91. The Morgan fingerprint density at radius 1 is 1.43 bits per heavy atom. The van der Waals surface area contributed by atoms with E-state index in [4.69, 9.17) is 16.2 Å². The van der Waals surface area contributed by atoms with Crippen LogP contribution in [0.5, 0.6) is 5.75 Å². The number of aromatic nitrogens is 1. The molecule has 0 radical (unpaired) electrons. The van der Waals surface area contributed by atoms with Crippen LogP contribution in [0.1, 0.15) is 15.9 Å². The van der Waals surface area contributed by atoms with Crippen molar-refractivity contribution in [1.82, 2.24) is 4.98 Å². The summed E-state index contributed by atoms with van der Waals surface area (Å²) < 4.78 is 19.6. The average Bonchev–Trinajstić information content (AvgIpc) is 2.93. The number of hydrogen-bond donors (Lipinski definition) is 2. The molecule has 0 aliphatic carbocycles. The number of amides is 1. The molecule has 0 saturated carbocycles. The standard InChI is InChI=1S/C15H14FN3O2/c16-13-2-1-11(14-12(13)4-10(5-17)21-14)8-3-9(15(18)20)7-19-6-8/h1-3,6-7,10H,4-5,17H2,(H2,18,20)/t10-/m1/s1. The largest absolute Gasteiger partial charge is 0.488 e. The van der Waals surface area contributed by atoms with E-state index < -0.39 is 5.91 Å². The van der Waals surface area contributed by atoms with Crippen molar-refractivity contribution in [3.63, 3.8) is 0 Å². The topological polar surface area (TPSA) is 91.2 Å². The van der Waals surface area contributed by atoms with Crippen LogP contribution in [0.2, 0.25) is 0 Å². The maximum Gasteiger partial charge on any atom is 0.250 e. The third kappa shape index (κ3) is 2.34. The van der Waals surface area contributed by atoms with Crippen molar-refractivity contribution in [2.45, 2.75) is 12.5 Å². The molecule has 0 spiro atoms. The van der Waals surface area contributed by atoms with E-state index in [1.807, 2.05) is 0 Å². The fourth-order valence-electron chi connectivity index (χ4n) is 2.45. The Labute approximate surface area is 120 Å². The molecular formula is C15H14FN3O2. The molecule has 108 valence electrons. The quantitative estimate of drug-likeness (QED) is 0.888. The van der Waals surface area contributed by atoms with Crippen LogP contribution in [0.25, 0.3) is 11.1 Å². The minimum Gasteiger partial charge on any atom is -0.488 e. The predicted molar refractivity (Wildman–Crippen MR) is 75.3 cm³/mol. The van der Waals surface area contributed by atoms with E-state index >= 15 is 0 Å². The number of carbonyl (C=O) groups is 1. The van der Waals surface area contributed by atoms with Crippen molar-refractivity contribution in [3.05, 3.63) is 47.5 Å². The molecule has 21 heavy (non-hydrogen) atoms. The van der Waals surface area contributed by atoms with E-state index in [1.165, 1.54) is 12.3 Å². The number of primary amides is 1. The molecule has 1 aromatic carbocycles. The van der Waals surface area contributed by atoms with Gasteiger partial charge in [0, 0.05) is 42.0 Å². The molecular weight excluding hydrogens is 273 g/mol. The predicted octanol–water partition coefficient (Wildman–Crippen LogP) is 1.25. The van der Waals surface area contributed by atoms with E-state index in [2.05, 4.69) is 4.98 Å². The van der Waals surface area contributed by atoms with Gasteiger partial charge in [-0.25, -0.2) is 4.39 Å². The summed E-state index contributed by atoms with van der Waals surface area (Å²) in [5.74, 6) is -0.415. The molecule has 6 heteroatoms. The highest BCUT2D eigenvalue weighted by molar-refractivity contribution is 5.94. The zero-order chi connectivity index (χ0) is 15.0. The Bertz CT molecular complexity index is 718. The Morgan fingerprint density at radius 3 is 2.95 bits per heavy atom. The van der Waals surface area contributed by atoms with E-state index in [9.17, 15) is 9.18 Å². The molecule has 0 saturated heterocycles. The summed E-state index contributed by atoms with van der Waals surface area (Å²) in [6.45, 7) is 0.313. The maximum absolute atomic E-state index is 13.9. The van der Waals surface area contributed by atoms with Gasteiger partial charge in [0.2, 0.25) is 5.91 Å². The first-order valence-corrected chi connectivity index (χ1v) is 6.53. The van der Waals surface area contributed by atoms with Crippen LogP contribution in [-0.4, -0.2) is 23.5 Å². The lowest BCUT2D eigenvalue weighted by atomic mass is 10.00. The number of nitrogens with zero attached hydrogens (tertiary/aromatic N) is 1.